The molecular formula is C13H22N4O5S. The van der Waals surface area contributed by atoms with E-state index in [0.29, 0.717) is 22.3 Å². The summed E-state index contributed by atoms with van der Waals surface area (Å²) in [6.07, 6.45) is -0.459. The number of ether oxygens (including phenoxy) is 2. The second-order valence-corrected chi connectivity index (χ2v) is 6.01. The molecule has 0 spiro atoms. The summed E-state index contributed by atoms with van der Waals surface area (Å²) in [5.41, 5.74) is 0.927. The zero-order chi connectivity index (χ0) is 17.4. The molecule has 1 atom stereocenters. The minimum Gasteiger partial charge on any atom is -0.443 e. The average molecular weight is 346 g/mol. The third-order valence-corrected chi connectivity index (χ3v) is 4.49. The summed E-state index contributed by atoms with van der Waals surface area (Å²) >= 11 is 0. The molecular weight excluding hydrogens is 324 g/mol. The van der Waals surface area contributed by atoms with Crippen LogP contribution in [-0.4, -0.2) is 45.8 Å². The highest BCUT2D eigenvalue weighted by atomic mass is 32.2. The van der Waals surface area contributed by atoms with Gasteiger partial charge in [0.15, 0.2) is 5.16 Å². The zero-order valence-corrected chi connectivity index (χ0v) is 14.5. The van der Waals surface area contributed by atoms with Gasteiger partial charge in [-0.15, -0.1) is 0 Å². The minimum absolute atomic E-state index is 0.0705. The first-order valence-electron chi connectivity index (χ1n) is 7.06. The van der Waals surface area contributed by atoms with Gasteiger partial charge in [-0.2, -0.15) is 0 Å². The summed E-state index contributed by atoms with van der Waals surface area (Å²) in [5, 5.41) is 5.02. The molecule has 130 valence electrons. The van der Waals surface area contributed by atoms with Crippen LogP contribution in [0, 0.1) is 0 Å². The maximum absolute atomic E-state index is 12.2. The Morgan fingerprint density at radius 1 is 1.17 bits per heavy atom. The van der Waals surface area contributed by atoms with Crippen molar-refractivity contribution >= 4 is 23.0 Å². The molecule has 0 radical (unpaired) electrons. The average Bonchev–Trinajstić information content (AvgIpc) is 2.86. The van der Waals surface area contributed by atoms with E-state index in [2.05, 4.69) is 15.6 Å². The van der Waals surface area contributed by atoms with Crippen molar-refractivity contribution in [3.63, 3.8) is 0 Å². The SMILES string of the molecule is CCC[S@@](=O)c1nc(COC(=O)NC)c(COC(=O)NC)n1C. The summed E-state index contributed by atoms with van der Waals surface area (Å²) in [4.78, 5) is 26.7. The van der Waals surface area contributed by atoms with E-state index in [9.17, 15) is 13.8 Å². The number of nitrogens with one attached hydrogen (secondary N) is 2. The number of nitrogens with zero attached hydrogens (tertiary/aromatic N) is 2. The summed E-state index contributed by atoms with van der Waals surface area (Å²) in [5.74, 6) is 0.469. The Balaban J connectivity index is 3.03. The summed E-state index contributed by atoms with van der Waals surface area (Å²) < 4.78 is 23.8. The number of rotatable bonds is 7. The number of carbonyl (C=O) groups excluding carboxylic acids is 2. The molecule has 0 saturated heterocycles. The van der Waals surface area contributed by atoms with Crippen LogP contribution in [0.1, 0.15) is 24.7 Å². The molecule has 0 aliphatic heterocycles. The summed E-state index contributed by atoms with van der Waals surface area (Å²) in [6.45, 7) is 1.74. The van der Waals surface area contributed by atoms with Gasteiger partial charge in [-0.1, -0.05) is 6.92 Å². The van der Waals surface area contributed by atoms with Gasteiger partial charge in [0.05, 0.1) is 16.5 Å². The Morgan fingerprint density at radius 3 is 2.26 bits per heavy atom. The van der Waals surface area contributed by atoms with Gasteiger partial charge in [0.2, 0.25) is 0 Å². The van der Waals surface area contributed by atoms with Crippen LogP contribution in [0.25, 0.3) is 0 Å². The van der Waals surface area contributed by atoms with Crippen LogP contribution < -0.4 is 10.6 Å². The first-order valence-corrected chi connectivity index (χ1v) is 8.38. The van der Waals surface area contributed by atoms with Crippen molar-refractivity contribution in [1.82, 2.24) is 20.2 Å². The van der Waals surface area contributed by atoms with Crippen LogP contribution >= 0.6 is 0 Å². The van der Waals surface area contributed by atoms with Crippen molar-refractivity contribution in [3.05, 3.63) is 11.4 Å². The van der Waals surface area contributed by atoms with E-state index in [0.717, 1.165) is 6.42 Å². The number of imidazole rings is 1. The molecule has 2 amide bonds. The Bertz CT molecular complexity index is 587. The van der Waals surface area contributed by atoms with Gasteiger partial charge in [-0.25, -0.2) is 14.6 Å². The quantitative estimate of drug-likeness (QED) is 0.750. The molecule has 10 heteroatoms. The lowest BCUT2D eigenvalue weighted by atomic mass is 10.3. The first kappa shape index (κ1) is 18.9. The van der Waals surface area contributed by atoms with Crippen molar-refractivity contribution in [1.29, 1.82) is 0 Å². The predicted octanol–water partition coefficient (Wildman–Crippen LogP) is 0.650. The van der Waals surface area contributed by atoms with Crippen molar-refractivity contribution in [2.75, 3.05) is 19.8 Å². The van der Waals surface area contributed by atoms with Gasteiger partial charge in [0.25, 0.3) is 0 Å². The Hall–Kier alpha value is -2.10. The fourth-order valence-electron chi connectivity index (χ4n) is 1.75. The smallest absolute Gasteiger partial charge is 0.407 e. The lowest BCUT2D eigenvalue weighted by Gasteiger charge is -2.08. The number of carbonyl (C=O) groups is 2. The van der Waals surface area contributed by atoms with Gasteiger partial charge in [-0.05, 0) is 6.42 Å². The lowest BCUT2D eigenvalue weighted by molar-refractivity contribution is 0.131. The maximum Gasteiger partial charge on any atom is 0.407 e. The molecule has 9 nitrogen and oxygen atoms in total. The zero-order valence-electron chi connectivity index (χ0n) is 13.7. The summed E-state index contributed by atoms with van der Waals surface area (Å²) in [7, 11) is 3.30. The third-order valence-electron chi connectivity index (χ3n) is 2.94. The van der Waals surface area contributed by atoms with Crippen LogP contribution in [0.4, 0.5) is 9.59 Å². The molecule has 1 rings (SSSR count). The normalized spacial score (nSPS) is 11.7. The second kappa shape index (κ2) is 9.13. The predicted molar refractivity (Wildman–Crippen MR) is 83.3 cm³/mol. The Labute approximate surface area is 137 Å². The highest BCUT2D eigenvalue weighted by Gasteiger charge is 2.20. The maximum atomic E-state index is 12.2. The molecule has 0 aliphatic rings. The summed E-state index contributed by atoms with van der Waals surface area (Å²) in [6, 6.07) is 0. The van der Waals surface area contributed by atoms with Crippen LogP contribution in [0.3, 0.4) is 0 Å². The Morgan fingerprint density at radius 2 is 1.74 bits per heavy atom. The number of alkyl carbamates (subject to hydrolysis) is 2. The molecule has 1 aromatic heterocycles. The van der Waals surface area contributed by atoms with Crippen LogP contribution in [0.5, 0.6) is 0 Å². The van der Waals surface area contributed by atoms with Crippen LogP contribution in [0.15, 0.2) is 5.16 Å². The fourth-order valence-corrected chi connectivity index (χ4v) is 2.93. The standard InChI is InChI=1S/C13H22N4O5S/c1-5-6-23(20)11-16-9(7-21-12(18)14-2)10(17(11)4)8-22-13(19)15-3/h5-8H2,1-4H3,(H,14,18)(H,15,19)/t23-/m1/s1. The topological polar surface area (TPSA) is 112 Å². The Kier molecular flexibility index (Phi) is 7.52. The lowest BCUT2D eigenvalue weighted by Crippen LogP contribution is -2.21. The van der Waals surface area contributed by atoms with E-state index in [1.165, 1.54) is 14.1 Å². The van der Waals surface area contributed by atoms with Crippen LogP contribution in [-0.2, 0) is 40.5 Å². The molecule has 0 unspecified atom stereocenters. The number of hydrogen-bond donors (Lipinski definition) is 2. The fraction of sp³-hybridized carbons (Fsp3) is 0.615. The van der Waals surface area contributed by atoms with Gasteiger partial charge in [0.1, 0.15) is 18.9 Å². The molecule has 0 fully saturated rings. The van der Waals surface area contributed by atoms with Crippen molar-refractivity contribution in [2.45, 2.75) is 31.7 Å². The molecule has 2 N–H and O–H groups in total. The van der Waals surface area contributed by atoms with Gasteiger partial charge in [-0.3, -0.25) is 4.21 Å². The first-order chi connectivity index (χ1) is 10.9. The number of hydrogen-bond acceptors (Lipinski definition) is 6. The van der Waals surface area contributed by atoms with E-state index in [4.69, 9.17) is 9.47 Å². The van der Waals surface area contributed by atoms with E-state index in [-0.39, 0.29) is 13.2 Å². The van der Waals surface area contributed by atoms with Gasteiger partial charge in [0, 0.05) is 26.9 Å². The highest BCUT2D eigenvalue weighted by molar-refractivity contribution is 7.84. The number of amides is 2. The van der Waals surface area contributed by atoms with E-state index in [1.54, 1.807) is 11.6 Å². The van der Waals surface area contributed by atoms with Crippen molar-refractivity contribution in [2.24, 2.45) is 7.05 Å². The van der Waals surface area contributed by atoms with E-state index < -0.39 is 23.0 Å². The molecule has 1 heterocycles. The second-order valence-electron chi connectivity index (χ2n) is 4.55. The molecule has 0 bridgehead atoms. The largest absolute Gasteiger partial charge is 0.443 e. The third kappa shape index (κ3) is 5.23. The van der Waals surface area contributed by atoms with E-state index >= 15 is 0 Å². The minimum atomic E-state index is -1.28. The van der Waals surface area contributed by atoms with Gasteiger partial charge < -0.3 is 24.7 Å². The van der Waals surface area contributed by atoms with Crippen molar-refractivity contribution < 1.29 is 23.3 Å². The molecule has 1 aromatic rings. The molecule has 0 aromatic carbocycles. The monoisotopic (exact) mass is 346 g/mol. The van der Waals surface area contributed by atoms with Crippen molar-refractivity contribution in [3.8, 4) is 0 Å². The molecule has 0 saturated carbocycles. The van der Waals surface area contributed by atoms with E-state index in [1.807, 2.05) is 6.92 Å². The van der Waals surface area contributed by atoms with Crippen LogP contribution in [0.2, 0.25) is 0 Å². The van der Waals surface area contributed by atoms with Gasteiger partial charge >= 0.3 is 12.2 Å². The highest BCUT2D eigenvalue weighted by Crippen LogP contribution is 2.17. The molecule has 23 heavy (non-hydrogen) atoms. The molecule has 0 aliphatic carbocycles. The number of aromatic nitrogens is 2.